The van der Waals surface area contributed by atoms with Crippen LogP contribution in [0.25, 0.3) is 0 Å². The molecule has 107 valence electrons. The molecule has 0 rings (SSSR count). The second-order valence-electron chi connectivity index (χ2n) is 2.93. The van der Waals surface area contributed by atoms with Gasteiger partial charge in [-0.15, -0.1) is 0 Å². The topological polar surface area (TPSA) is 67.0 Å². The molecule has 4 nitrogen and oxygen atoms in total. The molecule has 9 heteroatoms. The summed E-state index contributed by atoms with van der Waals surface area (Å²) in [6, 6.07) is 0. The number of carbonyl (C=O) groups is 1. The number of hydrogen-bond acceptors (Lipinski definition) is 3. The second-order valence-corrected chi connectivity index (χ2v) is 21.4. The summed E-state index contributed by atoms with van der Waals surface area (Å²) >= 11 is 9.90. The van der Waals surface area contributed by atoms with Crippen molar-refractivity contribution >= 4 is 80.2 Å². The van der Waals surface area contributed by atoms with Gasteiger partial charge in [-0.1, -0.05) is 0 Å². The van der Waals surface area contributed by atoms with Gasteiger partial charge in [0.1, 0.15) is 0 Å². The Bertz CT molecular complexity index is 352. The number of hydrogen-bond donors (Lipinski definition) is 0. The molecule has 0 spiro atoms. The van der Waals surface area contributed by atoms with E-state index in [1.807, 2.05) is 0 Å². The third-order valence-electron chi connectivity index (χ3n) is 1.73. The molecule has 1 radical (unpaired) electrons. The second kappa shape index (κ2) is 9.70. The predicted molar refractivity (Wildman–Crippen MR) is 83.4 cm³/mol. The molecule has 0 unspecified atom stereocenters. The molecule has 0 bridgehead atoms. The predicted octanol–water partition coefficient (Wildman–Crippen LogP) is 2.43. The fourth-order valence-corrected chi connectivity index (χ4v) is 20.5. The molecule has 0 aliphatic rings. The summed E-state index contributed by atoms with van der Waals surface area (Å²) < 4.78 is 15.2. The Hall–Kier alpha value is 0.817. The van der Waals surface area contributed by atoms with Gasteiger partial charge in [0.2, 0.25) is 0 Å². The fourth-order valence-electron chi connectivity index (χ4n) is 0.824. The van der Waals surface area contributed by atoms with Crippen LogP contribution in [0.1, 0.15) is 0 Å². The third-order valence-corrected chi connectivity index (χ3v) is 21.4. The van der Waals surface area contributed by atoms with E-state index in [0.717, 1.165) is 0 Å². The Labute approximate surface area is 140 Å². The van der Waals surface area contributed by atoms with Crippen LogP contribution in [0, 0.1) is 0 Å². The zero-order valence-electron chi connectivity index (χ0n) is 10.00. The van der Waals surface area contributed by atoms with Crippen LogP contribution in [0.3, 0.4) is 0 Å². The zero-order chi connectivity index (χ0) is 14.4. The van der Waals surface area contributed by atoms with Crippen molar-refractivity contribution in [2.45, 2.75) is 3.79 Å². The average Bonchev–Trinajstić information content (AvgIpc) is 2.33. The molecule has 2 N–H and O–H groups in total. The van der Waals surface area contributed by atoms with Gasteiger partial charge in [0, 0.05) is 0 Å². The quantitative estimate of drug-likeness (QED) is 0.367. The monoisotopic (exact) mass is 543 g/mol. The van der Waals surface area contributed by atoms with Crippen molar-refractivity contribution in [3.8, 4) is 0 Å². The minimum Gasteiger partial charge on any atom is -0.412 e. The molecule has 0 amide bonds. The van der Waals surface area contributed by atoms with E-state index in [0.29, 0.717) is 0 Å². The number of carbonyl (C=O) groups excluding carboxylic acids is 1. The number of halogens is 3. The number of rotatable bonds is 7. The Morgan fingerprint density at radius 1 is 1.11 bits per heavy atom. The van der Waals surface area contributed by atoms with E-state index < -0.39 is 49.1 Å². The summed E-state index contributed by atoms with van der Waals surface area (Å²) in [5.41, 5.74) is 0. The molecule has 0 heterocycles. The van der Waals surface area contributed by atoms with Gasteiger partial charge >= 0.3 is 136 Å². The molecule has 0 aromatic heterocycles. The van der Waals surface area contributed by atoms with E-state index >= 15 is 0 Å². The minimum absolute atomic E-state index is 0. The van der Waals surface area contributed by atoms with E-state index in [2.05, 4.69) is 26.3 Å². The maximum absolute atomic E-state index is 11.6. The van der Waals surface area contributed by atoms with Crippen LogP contribution in [-0.2, 0) is 9.28 Å². The van der Waals surface area contributed by atoms with Crippen LogP contribution >= 0.6 is 34.8 Å². The molecule has 0 aromatic carbocycles. The molecule has 0 fully saturated rings. The van der Waals surface area contributed by atoms with Gasteiger partial charge < -0.3 is 5.48 Å². The SMILES string of the molecule is C=[CH][Sn]([CH]=C)[O][Sn]([CH]=C)([CH]=C)[O]C(=O)C(Cl)(Cl)Cl.O. The Morgan fingerprint density at radius 3 is 1.79 bits per heavy atom. The standard InChI is InChI=1S/C2HCl3O2.4C2H3.H2O.O.2Sn/c3-2(4,5)1(6)7;4*1-2;;;;/h(H,6,7);4*1H,2H2;1H2;;;/q;;;;;;;;+1/p-1. The molecule has 0 atom stereocenters. The van der Waals surface area contributed by atoms with Crippen LogP contribution in [0.5, 0.6) is 0 Å². The summed E-state index contributed by atoms with van der Waals surface area (Å²) in [7, 11) is 0. The first-order valence-electron chi connectivity index (χ1n) is 4.63. The molecule has 0 aromatic rings. The van der Waals surface area contributed by atoms with Crippen molar-refractivity contribution in [1.29, 1.82) is 0 Å². The normalized spacial score (nSPS) is 11.2. The van der Waals surface area contributed by atoms with E-state index in [9.17, 15) is 4.79 Å². The van der Waals surface area contributed by atoms with Crippen molar-refractivity contribution in [1.82, 2.24) is 0 Å². The maximum Gasteiger partial charge on any atom is -0.412 e. The van der Waals surface area contributed by atoms with Gasteiger partial charge in [-0.2, -0.15) is 0 Å². The molecular formula is C10H14Cl3O4Sn2. The minimum atomic E-state index is -3.97. The molecule has 19 heavy (non-hydrogen) atoms. The van der Waals surface area contributed by atoms with E-state index in [1.54, 1.807) is 8.18 Å². The first-order valence-corrected chi connectivity index (χ1v) is 15.8. The summed E-state index contributed by atoms with van der Waals surface area (Å²) in [5.74, 6) is -0.987. The van der Waals surface area contributed by atoms with Crippen molar-refractivity contribution in [2.75, 3.05) is 0 Å². The number of alkyl halides is 3. The van der Waals surface area contributed by atoms with Crippen LogP contribution in [0.2, 0.25) is 0 Å². The Morgan fingerprint density at radius 2 is 1.53 bits per heavy atom. The van der Waals surface area contributed by atoms with E-state index in [1.165, 1.54) is 8.18 Å². The van der Waals surface area contributed by atoms with Crippen LogP contribution in [0.15, 0.2) is 42.7 Å². The van der Waals surface area contributed by atoms with Crippen LogP contribution in [-0.4, -0.2) is 54.6 Å². The van der Waals surface area contributed by atoms with Crippen LogP contribution < -0.4 is 0 Å². The van der Waals surface area contributed by atoms with E-state index in [4.69, 9.17) is 39.3 Å². The van der Waals surface area contributed by atoms with Crippen molar-refractivity contribution in [3.63, 3.8) is 0 Å². The first-order chi connectivity index (χ1) is 8.24. The third kappa shape index (κ3) is 7.40. The van der Waals surface area contributed by atoms with Crippen molar-refractivity contribution in [2.24, 2.45) is 0 Å². The van der Waals surface area contributed by atoms with Gasteiger partial charge in [-0.3, -0.25) is 0 Å². The summed E-state index contributed by atoms with van der Waals surface area (Å²) in [6.07, 6.45) is 0. The summed E-state index contributed by atoms with van der Waals surface area (Å²) in [5, 5.41) is 0. The average molecular weight is 542 g/mol. The Kier molecular flexibility index (Phi) is 11.3. The maximum atomic E-state index is 11.6. The largest absolute Gasteiger partial charge is 0.412 e. The Balaban J connectivity index is 0. The van der Waals surface area contributed by atoms with E-state index in [-0.39, 0.29) is 5.48 Å². The molecular weight excluding hydrogens is 528 g/mol. The molecule has 0 saturated heterocycles. The van der Waals surface area contributed by atoms with Crippen LogP contribution in [0.4, 0.5) is 0 Å². The van der Waals surface area contributed by atoms with Gasteiger partial charge in [-0.05, 0) is 0 Å². The van der Waals surface area contributed by atoms with Gasteiger partial charge in [-0.25, -0.2) is 0 Å². The molecule has 0 aliphatic heterocycles. The van der Waals surface area contributed by atoms with Gasteiger partial charge in [0.25, 0.3) is 0 Å². The molecule has 0 saturated carbocycles. The van der Waals surface area contributed by atoms with Crippen molar-refractivity contribution in [3.05, 3.63) is 42.7 Å². The van der Waals surface area contributed by atoms with Gasteiger partial charge in [0.15, 0.2) is 0 Å². The van der Waals surface area contributed by atoms with Gasteiger partial charge in [0.05, 0.1) is 0 Å². The first kappa shape index (κ1) is 22.1. The summed E-state index contributed by atoms with van der Waals surface area (Å²) in [6.45, 7) is 14.5. The van der Waals surface area contributed by atoms with Crippen molar-refractivity contribution < 1.29 is 14.8 Å². The zero-order valence-corrected chi connectivity index (χ0v) is 18.0. The molecule has 0 aliphatic carbocycles. The fraction of sp³-hybridized carbons (Fsp3) is 0.100. The summed E-state index contributed by atoms with van der Waals surface area (Å²) in [4.78, 5) is 11.6. The smallest absolute Gasteiger partial charge is 0.412 e.